The molecule has 0 bridgehead atoms. The normalized spacial score (nSPS) is 17.6. The van der Waals surface area contributed by atoms with Gasteiger partial charge in [0.1, 0.15) is 5.82 Å². The molecule has 0 fully saturated rings. The first-order valence-electron chi connectivity index (χ1n) is 7.34. The molecule has 3 rings (SSSR count). The van der Waals surface area contributed by atoms with Crippen LogP contribution in [0, 0.1) is 26.7 Å². The van der Waals surface area contributed by atoms with Crippen molar-refractivity contribution in [2.24, 2.45) is 5.92 Å². The molecule has 0 saturated carbocycles. The van der Waals surface area contributed by atoms with Crippen LogP contribution in [0.2, 0.25) is 0 Å². The van der Waals surface area contributed by atoms with Crippen molar-refractivity contribution >= 4 is 5.97 Å². The Hall–Kier alpha value is -2.10. The highest BCUT2D eigenvalue weighted by Crippen LogP contribution is 2.29. The maximum absolute atomic E-state index is 11.2. The van der Waals surface area contributed by atoms with E-state index in [4.69, 9.17) is 4.98 Å². The molecule has 2 aromatic rings. The van der Waals surface area contributed by atoms with E-state index in [0.717, 1.165) is 29.2 Å². The summed E-state index contributed by atoms with van der Waals surface area (Å²) in [4.78, 5) is 16.0. The Morgan fingerprint density at radius 2 is 2.05 bits per heavy atom. The fourth-order valence-electron chi connectivity index (χ4n) is 3.00. The van der Waals surface area contributed by atoms with Gasteiger partial charge in [-0.3, -0.25) is 4.79 Å². The molecule has 1 aromatic carbocycles. The van der Waals surface area contributed by atoms with E-state index in [-0.39, 0.29) is 5.92 Å². The van der Waals surface area contributed by atoms with Crippen molar-refractivity contribution in [3.8, 4) is 11.3 Å². The number of nitrogens with zero attached hydrogens (tertiary/aromatic N) is 2. The molecule has 4 nitrogen and oxygen atoms in total. The van der Waals surface area contributed by atoms with Gasteiger partial charge in [0, 0.05) is 24.2 Å². The van der Waals surface area contributed by atoms with Crippen LogP contribution in [0.15, 0.2) is 18.2 Å². The van der Waals surface area contributed by atoms with E-state index in [9.17, 15) is 9.90 Å². The average Bonchev–Trinajstić information content (AvgIpc) is 2.79. The number of hydrogen-bond acceptors (Lipinski definition) is 2. The van der Waals surface area contributed by atoms with Crippen LogP contribution in [0.25, 0.3) is 11.3 Å². The number of carbonyl (C=O) groups is 1. The smallest absolute Gasteiger partial charge is 0.308 e. The molecule has 110 valence electrons. The Balaban J connectivity index is 2.03. The summed E-state index contributed by atoms with van der Waals surface area (Å²) in [7, 11) is 0. The summed E-state index contributed by atoms with van der Waals surface area (Å²) in [6, 6.07) is 6.37. The third-order valence-electron chi connectivity index (χ3n) is 4.55. The minimum Gasteiger partial charge on any atom is -0.481 e. The number of imidazole rings is 1. The standard InChI is InChI=1S/C17H20N2O2/c1-10-4-5-13(8-11(10)2)16-12(3)19-9-14(17(20)21)6-7-15(19)18-16/h4-5,8,14H,6-7,9H2,1-3H3,(H,20,21). The second-order valence-electron chi connectivity index (χ2n) is 5.95. The van der Waals surface area contributed by atoms with Gasteiger partial charge < -0.3 is 9.67 Å². The molecule has 0 spiro atoms. The molecule has 2 heterocycles. The van der Waals surface area contributed by atoms with Crippen LogP contribution in [0.1, 0.15) is 29.1 Å². The van der Waals surface area contributed by atoms with Gasteiger partial charge in [0.05, 0.1) is 11.6 Å². The van der Waals surface area contributed by atoms with Crippen LogP contribution >= 0.6 is 0 Å². The number of aryl methyl sites for hydroxylation is 3. The average molecular weight is 284 g/mol. The number of carboxylic acids is 1. The highest BCUT2D eigenvalue weighted by Gasteiger charge is 2.27. The van der Waals surface area contributed by atoms with Crippen LogP contribution in [0.5, 0.6) is 0 Å². The summed E-state index contributed by atoms with van der Waals surface area (Å²) < 4.78 is 2.08. The number of aliphatic carboxylic acids is 1. The topological polar surface area (TPSA) is 55.1 Å². The summed E-state index contributed by atoms with van der Waals surface area (Å²) in [6.07, 6.45) is 1.42. The second-order valence-corrected chi connectivity index (χ2v) is 5.95. The highest BCUT2D eigenvalue weighted by atomic mass is 16.4. The summed E-state index contributed by atoms with van der Waals surface area (Å²) >= 11 is 0. The molecule has 1 atom stereocenters. The number of fused-ring (bicyclic) bond motifs is 1. The third-order valence-corrected chi connectivity index (χ3v) is 4.55. The van der Waals surface area contributed by atoms with Gasteiger partial charge in [-0.25, -0.2) is 4.98 Å². The maximum Gasteiger partial charge on any atom is 0.308 e. The van der Waals surface area contributed by atoms with Crippen molar-refractivity contribution in [1.82, 2.24) is 9.55 Å². The van der Waals surface area contributed by atoms with Crippen LogP contribution < -0.4 is 0 Å². The Bertz CT molecular complexity index is 716. The van der Waals surface area contributed by atoms with Gasteiger partial charge in [0.25, 0.3) is 0 Å². The number of benzene rings is 1. The van der Waals surface area contributed by atoms with Gasteiger partial charge >= 0.3 is 5.97 Å². The minimum atomic E-state index is -0.707. The number of carboxylic acid groups (broad SMARTS) is 1. The van der Waals surface area contributed by atoms with Crippen molar-refractivity contribution in [2.45, 2.75) is 40.2 Å². The van der Waals surface area contributed by atoms with Gasteiger partial charge in [-0.1, -0.05) is 12.1 Å². The minimum absolute atomic E-state index is 0.294. The molecule has 21 heavy (non-hydrogen) atoms. The van der Waals surface area contributed by atoms with Crippen LogP contribution in [-0.2, 0) is 17.8 Å². The van der Waals surface area contributed by atoms with E-state index in [2.05, 4.69) is 36.6 Å². The molecular formula is C17H20N2O2. The molecule has 1 aliphatic heterocycles. The van der Waals surface area contributed by atoms with Gasteiger partial charge in [-0.15, -0.1) is 0 Å². The lowest BCUT2D eigenvalue weighted by Crippen LogP contribution is -2.27. The molecule has 0 saturated heterocycles. The lowest BCUT2D eigenvalue weighted by Gasteiger charge is -2.21. The lowest BCUT2D eigenvalue weighted by molar-refractivity contribution is -0.142. The molecule has 0 radical (unpaired) electrons. The molecule has 0 amide bonds. The monoisotopic (exact) mass is 284 g/mol. The van der Waals surface area contributed by atoms with Gasteiger partial charge in [-0.2, -0.15) is 0 Å². The van der Waals surface area contributed by atoms with Crippen LogP contribution in [-0.4, -0.2) is 20.6 Å². The molecule has 0 aliphatic carbocycles. The first-order valence-corrected chi connectivity index (χ1v) is 7.34. The largest absolute Gasteiger partial charge is 0.481 e. The van der Waals surface area contributed by atoms with E-state index in [1.54, 1.807) is 0 Å². The zero-order valence-electron chi connectivity index (χ0n) is 12.7. The Morgan fingerprint density at radius 1 is 1.29 bits per heavy atom. The van der Waals surface area contributed by atoms with Crippen molar-refractivity contribution < 1.29 is 9.90 Å². The van der Waals surface area contributed by atoms with E-state index >= 15 is 0 Å². The predicted molar refractivity (Wildman–Crippen MR) is 81.3 cm³/mol. The van der Waals surface area contributed by atoms with Gasteiger partial charge in [-0.05, 0) is 44.4 Å². The zero-order chi connectivity index (χ0) is 15.1. The number of aromatic nitrogens is 2. The summed E-state index contributed by atoms with van der Waals surface area (Å²) in [5.74, 6) is 0.0118. The Labute approximate surface area is 124 Å². The van der Waals surface area contributed by atoms with E-state index in [1.165, 1.54) is 11.1 Å². The first-order chi connectivity index (χ1) is 9.97. The van der Waals surface area contributed by atoms with Crippen molar-refractivity contribution in [3.05, 3.63) is 40.8 Å². The van der Waals surface area contributed by atoms with Crippen LogP contribution in [0.3, 0.4) is 0 Å². The first kappa shape index (κ1) is 13.9. The van der Waals surface area contributed by atoms with E-state index in [1.807, 2.05) is 6.92 Å². The van der Waals surface area contributed by atoms with Crippen LogP contribution in [0.4, 0.5) is 0 Å². The van der Waals surface area contributed by atoms with Crippen molar-refractivity contribution in [1.29, 1.82) is 0 Å². The predicted octanol–water partition coefficient (Wildman–Crippen LogP) is 3.12. The zero-order valence-corrected chi connectivity index (χ0v) is 12.7. The fraction of sp³-hybridized carbons (Fsp3) is 0.412. The highest BCUT2D eigenvalue weighted by molar-refractivity contribution is 5.70. The fourth-order valence-corrected chi connectivity index (χ4v) is 3.00. The lowest BCUT2D eigenvalue weighted by atomic mass is 9.99. The SMILES string of the molecule is Cc1ccc(-c2nc3n(c2C)CC(C(=O)O)CC3)cc1C. The van der Waals surface area contributed by atoms with Gasteiger partial charge in [0.2, 0.25) is 0 Å². The number of hydrogen-bond donors (Lipinski definition) is 1. The third kappa shape index (κ3) is 2.35. The van der Waals surface area contributed by atoms with Gasteiger partial charge in [0.15, 0.2) is 0 Å². The molecule has 1 unspecified atom stereocenters. The molecule has 1 N–H and O–H groups in total. The van der Waals surface area contributed by atoms with E-state index in [0.29, 0.717) is 13.0 Å². The summed E-state index contributed by atoms with van der Waals surface area (Å²) in [5, 5.41) is 9.21. The second kappa shape index (κ2) is 5.02. The summed E-state index contributed by atoms with van der Waals surface area (Å²) in [5.41, 5.74) is 5.69. The quantitative estimate of drug-likeness (QED) is 0.921. The van der Waals surface area contributed by atoms with Crippen molar-refractivity contribution in [2.75, 3.05) is 0 Å². The Morgan fingerprint density at radius 3 is 2.71 bits per heavy atom. The molecular weight excluding hydrogens is 264 g/mol. The molecule has 1 aliphatic rings. The summed E-state index contributed by atoms with van der Waals surface area (Å²) in [6.45, 7) is 6.77. The Kier molecular flexibility index (Phi) is 3.32. The van der Waals surface area contributed by atoms with E-state index < -0.39 is 5.97 Å². The molecule has 4 heteroatoms. The number of rotatable bonds is 2. The molecule has 1 aromatic heterocycles. The maximum atomic E-state index is 11.2. The van der Waals surface area contributed by atoms with Crippen molar-refractivity contribution in [3.63, 3.8) is 0 Å².